The lowest BCUT2D eigenvalue weighted by Crippen LogP contribution is -1.97. The molecule has 0 aliphatic carbocycles. The van der Waals surface area contributed by atoms with E-state index >= 15 is 0 Å². The van der Waals surface area contributed by atoms with Gasteiger partial charge in [-0.15, -0.1) is 0 Å². The van der Waals surface area contributed by atoms with Gasteiger partial charge in [0.05, 0.1) is 0 Å². The maximum Gasteiger partial charge on any atom is 0.336 e. The molecule has 3 heteroatoms. The Morgan fingerprint density at radius 1 is 1.06 bits per heavy atom. The molecule has 1 aromatic carbocycles. The Bertz CT molecular complexity index is 717. The minimum atomic E-state index is -0.345. The third-order valence-electron chi connectivity index (χ3n) is 2.62. The summed E-state index contributed by atoms with van der Waals surface area (Å²) in [5.41, 5.74) is 2.02. The summed E-state index contributed by atoms with van der Waals surface area (Å²) in [7, 11) is 0. The summed E-state index contributed by atoms with van der Waals surface area (Å²) in [6, 6.07) is 12.8. The van der Waals surface area contributed by atoms with E-state index in [1.165, 1.54) is 6.07 Å². The average Bonchev–Trinajstić information content (AvgIpc) is 2.39. The highest BCUT2D eigenvalue weighted by Gasteiger charge is 2.06. The highest BCUT2D eigenvalue weighted by molar-refractivity contribution is 5.92. The average molecular weight is 223 g/mol. The molecule has 0 unspecified atom stereocenters. The van der Waals surface area contributed by atoms with Crippen molar-refractivity contribution >= 4 is 11.0 Å². The van der Waals surface area contributed by atoms with Crippen molar-refractivity contribution < 1.29 is 4.42 Å². The molecule has 82 valence electrons. The van der Waals surface area contributed by atoms with Crippen molar-refractivity contribution in [1.82, 2.24) is 4.98 Å². The second kappa shape index (κ2) is 3.87. The largest absolute Gasteiger partial charge is 0.423 e. The van der Waals surface area contributed by atoms with Crippen LogP contribution in [-0.2, 0) is 0 Å². The predicted octanol–water partition coefficient (Wildman–Crippen LogP) is 2.86. The Balaban J connectivity index is 2.40. The third kappa shape index (κ3) is 1.72. The molecule has 0 bridgehead atoms. The first-order chi connectivity index (χ1) is 8.34. The summed E-state index contributed by atoms with van der Waals surface area (Å²) < 4.78 is 5.15. The van der Waals surface area contributed by atoms with E-state index in [2.05, 4.69) is 4.98 Å². The topological polar surface area (TPSA) is 43.1 Å². The number of hydrogen-bond acceptors (Lipinski definition) is 3. The molecule has 0 saturated heterocycles. The molecule has 0 aliphatic rings. The molecule has 0 spiro atoms. The zero-order valence-corrected chi connectivity index (χ0v) is 8.96. The van der Waals surface area contributed by atoms with Crippen molar-refractivity contribution in [3.8, 4) is 11.1 Å². The Morgan fingerprint density at radius 3 is 2.76 bits per heavy atom. The SMILES string of the molecule is O=c1cc(-c2cccnc2)c2ccccc2o1. The number of aromatic nitrogens is 1. The molecule has 2 aromatic heterocycles. The number of pyridine rings is 1. The summed E-state index contributed by atoms with van der Waals surface area (Å²) in [5, 5.41) is 0.917. The van der Waals surface area contributed by atoms with Crippen LogP contribution in [0.25, 0.3) is 22.1 Å². The van der Waals surface area contributed by atoms with Gasteiger partial charge in [0, 0.05) is 35.0 Å². The zero-order chi connectivity index (χ0) is 11.7. The fourth-order valence-corrected chi connectivity index (χ4v) is 1.87. The Kier molecular flexibility index (Phi) is 2.22. The van der Waals surface area contributed by atoms with Crippen LogP contribution in [-0.4, -0.2) is 4.98 Å². The minimum absolute atomic E-state index is 0.345. The van der Waals surface area contributed by atoms with E-state index in [-0.39, 0.29) is 5.63 Å². The van der Waals surface area contributed by atoms with E-state index in [9.17, 15) is 4.79 Å². The van der Waals surface area contributed by atoms with Crippen molar-refractivity contribution in [3.05, 3.63) is 65.3 Å². The molecule has 0 saturated carbocycles. The molecule has 0 fully saturated rings. The van der Waals surface area contributed by atoms with Gasteiger partial charge in [0.2, 0.25) is 0 Å². The number of fused-ring (bicyclic) bond motifs is 1. The van der Waals surface area contributed by atoms with Crippen molar-refractivity contribution in [1.29, 1.82) is 0 Å². The fourth-order valence-electron chi connectivity index (χ4n) is 1.87. The van der Waals surface area contributed by atoms with Crippen LogP contribution in [0.3, 0.4) is 0 Å². The number of hydrogen-bond donors (Lipinski definition) is 0. The molecule has 3 aromatic rings. The Labute approximate surface area is 97.4 Å². The zero-order valence-electron chi connectivity index (χ0n) is 8.96. The van der Waals surface area contributed by atoms with Crippen molar-refractivity contribution in [2.24, 2.45) is 0 Å². The van der Waals surface area contributed by atoms with Crippen LogP contribution in [0.5, 0.6) is 0 Å². The first kappa shape index (κ1) is 9.78. The van der Waals surface area contributed by atoms with E-state index in [1.54, 1.807) is 18.5 Å². The molecule has 2 heterocycles. The smallest absolute Gasteiger partial charge is 0.336 e. The highest BCUT2D eigenvalue weighted by Crippen LogP contribution is 2.25. The van der Waals surface area contributed by atoms with Crippen LogP contribution >= 0.6 is 0 Å². The summed E-state index contributed by atoms with van der Waals surface area (Å²) in [6.07, 6.45) is 3.44. The van der Waals surface area contributed by atoms with Crippen molar-refractivity contribution in [2.75, 3.05) is 0 Å². The van der Waals surface area contributed by atoms with Gasteiger partial charge in [0.25, 0.3) is 0 Å². The summed E-state index contributed by atoms with van der Waals surface area (Å²) >= 11 is 0. The maximum absolute atomic E-state index is 11.5. The predicted molar refractivity (Wildman–Crippen MR) is 65.7 cm³/mol. The minimum Gasteiger partial charge on any atom is -0.423 e. The van der Waals surface area contributed by atoms with Gasteiger partial charge in [0.15, 0.2) is 0 Å². The summed E-state index contributed by atoms with van der Waals surface area (Å²) in [6.45, 7) is 0. The van der Waals surface area contributed by atoms with Crippen molar-refractivity contribution in [3.63, 3.8) is 0 Å². The summed E-state index contributed by atoms with van der Waals surface area (Å²) in [5.74, 6) is 0. The standard InChI is InChI=1S/C14H9NO2/c16-14-8-12(10-4-3-7-15-9-10)11-5-1-2-6-13(11)17-14/h1-9H. The quantitative estimate of drug-likeness (QED) is 0.596. The van der Waals surface area contributed by atoms with Crippen LogP contribution < -0.4 is 5.63 Å². The van der Waals surface area contributed by atoms with Crippen molar-refractivity contribution in [2.45, 2.75) is 0 Å². The molecule has 0 atom stereocenters. The van der Waals surface area contributed by atoms with E-state index in [1.807, 2.05) is 30.3 Å². The monoisotopic (exact) mass is 223 g/mol. The third-order valence-corrected chi connectivity index (χ3v) is 2.62. The molecule has 0 aliphatic heterocycles. The van der Waals surface area contributed by atoms with E-state index in [0.29, 0.717) is 5.58 Å². The number of rotatable bonds is 1. The Morgan fingerprint density at radius 2 is 1.94 bits per heavy atom. The van der Waals surface area contributed by atoms with Crippen LogP contribution in [0.4, 0.5) is 0 Å². The Hall–Kier alpha value is -2.42. The fraction of sp³-hybridized carbons (Fsp3) is 0. The van der Waals surface area contributed by atoms with Gasteiger partial charge in [-0.2, -0.15) is 0 Å². The first-order valence-corrected chi connectivity index (χ1v) is 5.28. The molecule has 0 radical (unpaired) electrons. The molecule has 0 amide bonds. The molecule has 17 heavy (non-hydrogen) atoms. The van der Waals surface area contributed by atoms with Gasteiger partial charge in [-0.25, -0.2) is 4.79 Å². The number of para-hydroxylation sites is 1. The first-order valence-electron chi connectivity index (χ1n) is 5.28. The second-order valence-electron chi connectivity index (χ2n) is 3.72. The van der Waals surface area contributed by atoms with Crippen LogP contribution in [0, 0.1) is 0 Å². The van der Waals surface area contributed by atoms with E-state index in [4.69, 9.17) is 4.42 Å². The lowest BCUT2D eigenvalue weighted by Gasteiger charge is -2.04. The molecule has 3 nitrogen and oxygen atoms in total. The van der Waals surface area contributed by atoms with Gasteiger partial charge < -0.3 is 4.42 Å². The van der Waals surface area contributed by atoms with E-state index in [0.717, 1.165) is 16.5 Å². The van der Waals surface area contributed by atoms with Crippen LogP contribution in [0.2, 0.25) is 0 Å². The van der Waals surface area contributed by atoms with Gasteiger partial charge in [-0.05, 0) is 12.1 Å². The van der Waals surface area contributed by atoms with Gasteiger partial charge in [-0.1, -0.05) is 24.3 Å². The molecular formula is C14H9NO2. The highest BCUT2D eigenvalue weighted by atomic mass is 16.4. The number of benzene rings is 1. The second-order valence-corrected chi connectivity index (χ2v) is 3.72. The van der Waals surface area contributed by atoms with Gasteiger partial charge in [0.1, 0.15) is 5.58 Å². The maximum atomic E-state index is 11.5. The van der Waals surface area contributed by atoms with E-state index < -0.39 is 0 Å². The molecule has 3 rings (SSSR count). The normalized spacial score (nSPS) is 10.6. The lowest BCUT2D eigenvalue weighted by atomic mass is 10.0. The lowest BCUT2D eigenvalue weighted by molar-refractivity contribution is 0.561. The van der Waals surface area contributed by atoms with Crippen LogP contribution in [0.15, 0.2) is 64.1 Å². The van der Waals surface area contributed by atoms with Gasteiger partial charge in [-0.3, -0.25) is 4.98 Å². The molecular weight excluding hydrogens is 214 g/mol. The number of nitrogens with zero attached hydrogens (tertiary/aromatic N) is 1. The molecule has 0 N–H and O–H groups in total. The van der Waals surface area contributed by atoms with Crippen LogP contribution in [0.1, 0.15) is 0 Å². The van der Waals surface area contributed by atoms with Gasteiger partial charge >= 0.3 is 5.63 Å². The summed E-state index contributed by atoms with van der Waals surface area (Å²) in [4.78, 5) is 15.6.